The number of nitrogens with one attached hydrogen (secondary N) is 1. The number of amides is 4. The number of benzene rings is 1. The molecule has 0 spiro atoms. The number of likely N-dealkylation sites (tertiary alicyclic amines) is 2. The van der Waals surface area contributed by atoms with Crippen molar-refractivity contribution >= 4 is 17.8 Å². The van der Waals surface area contributed by atoms with Crippen molar-refractivity contribution in [1.82, 2.24) is 15.1 Å². The highest BCUT2D eigenvalue weighted by molar-refractivity contribution is 6.06. The smallest absolute Gasteiger partial charge is 0.317 e. The van der Waals surface area contributed by atoms with Crippen molar-refractivity contribution in [2.24, 2.45) is 23.7 Å². The summed E-state index contributed by atoms with van der Waals surface area (Å²) in [5.41, 5.74) is 0.879. The van der Waals surface area contributed by atoms with Crippen LogP contribution in [0.25, 0.3) is 0 Å². The third-order valence-corrected chi connectivity index (χ3v) is 7.88. The van der Waals surface area contributed by atoms with Gasteiger partial charge in [-0.2, -0.15) is 0 Å². The van der Waals surface area contributed by atoms with E-state index in [0.29, 0.717) is 0 Å². The number of carbonyl (C=O) groups excluding carboxylic acids is 3. The lowest BCUT2D eigenvalue weighted by Gasteiger charge is -2.39. The minimum atomic E-state index is -0.481. The number of imide groups is 1. The van der Waals surface area contributed by atoms with Crippen molar-refractivity contribution in [3.05, 3.63) is 48.0 Å². The molecule has 1 aromatic rings. The van der Waals surface area contributed by atoms with E-state index < -0.39 is 6.04 Å². The second kappa shape index (κ2) is 7.81. The maximum atomic E-state index is 13.4. The molecule has 2 aliphatic carbocycles. The van der Waals surface area contributed by atoms with Crippen LogP contribution < -0.4 is 5.32 Å². The van der Waals surface area contributed by atoms with Gasteiger partial charge >= 0.3 is 6.03 Å². The summed E-state index contributed by atoms with van der Waals surface area (Å²) >= 11 is 0. The summed E-state index contributed by atoms with van der Waals surface area (Å²) in [6.07, 6.45) is 8.27. The zero-order valence-corrected chi connectivity index (χ0v) is 18.2. The molecule has 2 bridgehead atoms. The molecule has 4 amide bonds. The minimum absolute atomic E-state index is 0.0744. The van der Waals surface area contributed by atoms with Crippen molar-refractivity contribution < 1.29 is 14.4 Å². The fraction of sp³-hybridized carbons (Fsp3) is 0.560. The second-order valence-corrected chi connectivity index (χ2v) is 9.70. The molecule has 1 aromatic carbocycles. The normalized spacial score (nSPS) is 34.9. The Bertz CT molecular complexity index is 874. The van der Waals surface area contributed by atoms with E-state index >= 15 is 0 Å². The molecule has 31 heavy (non-hydrogen) atoms. The van der Waals surface area contributed by atoms with Crippen molar-refractivity contribution in [2.75, 3.05) is 6.54 Å². The largest absolute Gasteiger partial charge is 0.336 e. The van der Waals surface area contributed by atoms with Gasteiger partial charge < -0.3 is 10.2 Å². The molecule has 1 N–H and O–H groups in total. The number of fused-ring (bicyclic) bond motifs is 5. The van der Waals surface area contributed by atoms with Crippen LogP contribution in [-0.2, 0) is 9.59 Å². The Labute approximate surface area is 183 Å². The van der Waals surface area contributed by atoms with Gasteiger partial charge in [0, 0.05) is 18.6 Å². The van der Waals surface area contributed by atoms with Crippen molar-refractivity contribution in [3.8, 4) is 0 Å². The first kappa shape index (κ1) is 20.3. The molecule has 1 saturated carbocycles. The van der Waals surface area contributed by atoms with Gasteiger partial charge in [0.15, 0.2) is 0 Å². The number of piperidine rings is 1. The third-order valence-electron chi connectivity index (χ3n) is 7.88. The molecule has 6 heteroatoms. The first-order chi connectivity index (χ1) is 15.0. The van der Waals surface area contributed by atoms with Crippen LogP contribution in [0, 0.1) is 23.7 Å². The predicted molar refractivity (Wildman–Crippen MR) is 117 cm³/mol. The van der Waals surface area contributed by atoms with E-state index in [4.69, 9.17) is 0 Å². The highest BCUT2D eigenvalue weighted by Gasteiger charge is 2.60. The summed E-state index contributed by atoms with van der Waals surface area (Å²) in [4.78, 5) is 43.2. The molecule has 2 heterocycles. The maximum absolute atomic E-state index is 13.4. The standard InChI is InChI=1S/C25H31N3O3/c1-15-7-6-8-16(2)27(15)25(31)26-14-20(17-9-4-3-5-10-17)28-23(29)21-18-11-12-19(13-18)22(21)24(28)30/h3-5,9-12,15-16,18-22H,6-8,13-14H2,1-2H3,(H,26,31). The fourth-order valence-corrected chi connectivity index (χ4v) is 6.36. The van der Waals surface area contributed by atoms with Gasteiger partial charge in [0.2, 0.25) is 11.8 Å². The molecule has 0 aromatic heterocycles. The average molecular weight is 422 g/mol. The lowest BCUT2D eigenvalue weighted by molar-refractivity contribution is -0.143. The summed E-state index contributed by atoms with van der Waals surface area (Å²) in [6.45, 7) is 4.40. The quantitative estimate of drug-likeness (QED) is 0.598. The molecule has 3 fully saturated rings. The van der Waals surface area contributed by atoms with Gasteiger partial charge in [-0.1, -0.05) is 42.5 Å². The Morgan fingerprint density at radius 1 is 1.00 bits per heavy atom. The van der Waals surface area contributed by atoms with Gasteiger partial charge in [0.1, 0.15) is 0 Å². The molecule has 7 atom stereocenters. The molecular weight excluding hydrogens is 390 g/mol. The van der Waals surface area contributed by atoms with E-state index in [9.17, 15) is 14.4 Å². The van der Waals surface area contributed by atoms with E-state index in [-0.39, 0.29) is 60.1 Å². The molecular formula is C25H31N3O3. The minimum Gasteiger partial charge on any atom is -0.336 e. The van der Waals surface area contributed by atoms with Crippen LogP contribution in [-0.4, -0.2) is 46.3 Å². The number of hydrogen-bond acceptors (Lipinski definition) is 3. The number of urea groups is 1. The Morgan fingerprint density at radius 2 is 1.58 bits per heavy atom. The van der Waals surface area contributed by atoms with E-state index in [1.165, 1.54) is 4.90 Å². The predicted octanol–water partition coefficient (Wildman–Crippen LogP) is 3.51. The van der Waals surface area contributed by atoms with Crippen LogP contribution in [0.2, 0.25) is 0 Å². The van der Waals surface area contributed by atoms with Crippen LogP contribution in [0.1, 0.15) is 51.1 Å². The molecule has 5 rings (SSSR count). The highest BCUT2D eigenvalue weighted by Crippen LogP contribution is 2.53. The summed E-state index contributed by atoms with van der Waals surface area (Å²) in [5, 5.41) is 3.06. The average Bonchev–Trinajstić information content (AvgIpc) is 3.44. The Balaban J connectivity index is 1.38. The highest BCUT2D eigenvalue weighted by atomic mass is 16.2. The van der Waals surface area contributed by atoms with Crippen LogP contribution in [0.5, 0.6) is 0 Å². The lowest BCUT2D eigenvalue weighted by Crippen LogP contribution is -2.53. The lowest BCUT2D eigenvalue weighted by atomic mass is 9.85. The topological polar surface area (TPSA) is 69.7 Å². The molecule has 2 aliphatic heterocycles. The summed E-state index contributed by atoms with van der Waals surface area (Å²) in [5.74, 6) is -0.252. The van der Waals surface area contributed by atoms with Crippen molar-refractivity contribution in [1.29, 1.82) is 0 Å². The molecule has 4 aliphatic rings. The van der Waals surface area contributed by atoms with E-state index in [0.717, 1.165) is 31.2 Å². The van der Waals surface area contributed by atoms with Crippen molar-refractivity contribution in [3.63, 3.8) is 0 Å². The molecule has 164 valence electrons. The molecule has 2 saturated heterocycles. The van der Waals surface area contributed by atoms with Gasteiger partial charge in [-0.15, -0.1) is 0 Å². The molecule has 6 nitrogen and oxygen atoms in total. The van der Waals surface area contributed by atoms with Crippen LogP contribution >= 0.6 is 0 Å². The first-order valence-electron chi connectivity index (χ1n) is 11.6. The summed E-state index contributed by atoms with van der Waals surface area (Å²) < 4.78 is 0. The van der Waals surface area contributed by atoms with Gasteiger partial charge in [0.25, 0.3) is 0 Å². The Hall–Kier alpha value is -2.63. The van der Waals surface area contributed by atoms with Gasteiger partial charge in [0.05, 0.1) is 17.9 Å². The Morgan fingerprint density at radius 3 is 2.16 bits per heavy atom. The zero-order chi connectivity index (χ0) is 21.7. The zero-order valence-electron chi connectivity index (χ0n) is 18.2. The first-order valence-corrected chi connectivity index (χ1v) is 11.6. The Kier molecular flexibility index (Phi) is 5.11. The van der Waals surface area contributed by atoms with Crippen LogP contribution in [0.4, 0.5) is 4.79 Å². The van der Waals surface area contributed by atoms with Gasteiger partial charge in [-0.3, -0.25) is 14.5 Å². The van der Waals surface area contributed by atoms with Crippen LogP contribution in [0.3, 0.4) is 0 Å². The van der Waals surface area contributed by atoms with Gasteiger partial charge in [-0.05, 0) is 56.9 Å². The van der Waals surface area contributed by atoms with E-state index in [2.05, 4.69) is 31.3 Å². The number of rotatable bonds is 4. The number of allylic oxidation sites excluding steroid dienone is 2. The molecule has 0 radical (unpaired) electrons. The SMILES string of the molecule is CC1CCCC(C)N1C(=O)NCC(c1ccccc1)N1C(=O)C2C3C=CC(C3)C2C1=O. The van der Waals surface area contributed by atoms with E-state index in [1.54, 1.807) is 0 Å². The second-order valence-electron chi connectivity index (χ2n) is 9.70. The number of hydrogen-bond donors (Lipinski definition) is 1. The summed E-state index contributed by atoms with van der Waals surface area (Å²) in [7, 11) is 0. The summed E-state index contributed by atoms with van der Waals surface area (Å²) in [6, 6.07) is 9.40. The number of carbonyl (C=O) groups is 3. The number of nitrogens with zero attached hydrogens (tertiary/aromatic N) is 2. The maximum Gasteiger partial charge on any atom is 0.317 e. The monoisotopic (exact) mass is 421 g/mol. The van der Waals surface area contributed by atoms with Crippen molar-refractivity contribution in [2.45, 2.75) is 57.7 Å². The van der Waals surface area contributed by atoms with Gasteiger partial charge in [-0.25, -0.2) is 4.79 Å². The molecule has 7 unspecified atom stereocenters. The third kappa shape index (κ3) is 3.27. The fourth-order valence-electron chi connectivity index (χ4n) is 6.36. The van der Waals surface area contributed by atoms with E-state index in [1.807, 2.05) is 35.2 Å². The van der Waals surface area contributed by atoms with Crippen LogP contribution in [0.15, 0.2) is 42.5 Å².